The molecule has 1 atom stereocenters. The van der Waals surface area contributed by atoms with Crippen molar-refractivity contribution < 1.29 is 15.0 Å². The van der Waals surface area contributed by atoms with Gasteiger partial charge in [-0.05, 0) is 18.8 Å². The summed E-state index contributed by atoms with van der Waals surface area (Å²) in [4.78, 5) is 10.5. The molecular formula is C10H20O3. The first-order valence-electron chi connectivity index (χ1n) is 4.94. The molecule has 0 saturated heterocycles. The Morgan fingerprint density at radius 3 is 2.00 bits per heavy atom. The maximum atomic E-state index is 10.5. The lowest BCUT2D eigenvalue weighted by Gasteiger charge is -2.33. The molecule has 0 amide bonds. The van der Waals surface area contributed by atoms with Crippen LogP contribution in [-0.4, -0.2) is 21.8 Å². The van der Waals surface area contributed by atoms with Crippen molar-refractivity contribution in [2.24, 2.45) is 5.92 Å². The second kappa shape index (κ2) is 5.22. The van der Waals surface area contributed by atoms with Crippen molar-refractivity contribution in [3.05, 3.63) is 0 Å². The van der Waals surface area contributed by atoms with Gasteiger partial charge in [0.25, 0.3) is 0 Å². The third-order valence-electron chi connectivity index (χ3n) is 2.90. The highest BCUT2D eigenvalue weighted by atomic mass is 16.4. The molecule has 0 fully saturated rings. The van der Waals surface area contributed by atoms with E-state index in [2.05, 4.69) is 0 Å². The summed E-state index contributed by atoms with van der Waals surface area (Å²) in [7, 11) is 0. The lowest BCUT2D eigenvalue weighted by atomic mass is 9.79. The first kappa shape index (κ1) is 12.4. The number of aliphatic carboxylic acids is 1. The zero-order valence-corrected chi connectivity index (χ0v) is 8.71. The van der Waals surface area contributed by atoms with Crippen molar-refractivity contribution in [3.63, 3.8) is 0 Å². The molecule has 0 saturated carbocycles. The van der Waals surface area contributed by atoms with Gasteiger partial charge in [-0.15, -0.1) is 0 Å². The summed E-state index contributed by atoms with van der Waals surface area (Å²) in [5, 5.41) is 18.7. The van der Waals surface area contributed by atoms with Crippen LogP contribution in [0.3, 0.4) is 0 Å². The Balaban J connectivity index is 4.42. The van der Waals surface area contributed by atoms with E-state index in [-0.39, 0.29) is 12.3 Å². The van der Waals surface area contributed by atoms with Gasteiger partial charge in [0.2, 0.25) is 0 Å². The summed E-state index contributed by atoms with van der Waals surface area (Å²) in [6.45, 7) is 5.71. The van der Waals surface area contributed by atoms with E-state index < -0.39 is 11.6 Å². The topological polar surface area (TPSA) is 57.5 Å². The third-order valence-corrected chi connectivity index (χ3v) is 2.90. The largest absolute Gasteiger partial charge is 0.481 e. The highest BCUT2D eigenvalue weighted by Gasteiger charge is 2.33. The van der Waals surface area contributed by atoms with Crippen molar-refractivity contribution in [1.29, 1.82) is 0 Å². The second-order valence-corrected chi connectivity index (χ2v) is 3.51. The maximum Gasteiger partial charge on any atom is 0.303 e. The highest BCUT2D eigenvalue weighted by Crippen LogP contribution is 2.30. The first-order valence-corrected chi connectivity index (χ1v) is 4.94. The van der Waals surface area contributed by atoms with Gasteiger partial charge >= 0.3 is 5.97 Å². The molecule has 0 aliphatic rings. The van der Waals surface area contributed by atoms with Crippen LogP contribution in [-0.2, 0) is 4.79 Å². The summed E-state index contributed by atoms with van der Waals surface area (Å²) >= 11 is 0. The number of aliphatic hydroxyl groups is 1. The van der Waals surface area contributed by atoms with Gasteiger partial charge in [0.1, 0.15) is 0 Å². The molecule has 0 aromatic rings. The Bertz CT molecular complexity index is 162. The van der Waals surface area contributed by atoms with Gasteiger partial charge in [-0.25, -0.2) is 0 Å². The van der Waals surface area contributed by atoms with E-state index in [4.69, 9.17) is 5.11 Å². The molecule has 0 heterocycles. The van der Waals surface area contributed by atoms with Gasteiger partial charge in [0.15, 0.2) is 0 Å². The van der Waals surface area contributed by atoms with Crippen molar-refractivity contribution in [1.82, 2.24) is 0 Å². The number of carboxylic acid groups (broad SMARTS) is 1. The predicted molar refractivity (Wildman–Crippen MR) is 51.6 cm³/mol. The normalized spacial score (nSPS) is 14.2. The highest BCUT2D eigenvalue weighted by molar-refractivity contribution is 5.67. The quantitative estimate of drug-likeness (QED) is 0.670. The molecule has 0 rings (SSSR count). The molecule has 0 bridgehead atoms. The third kappa shape index (κ3) is 3.35. The fraction of sp³-hybridized carbons (Fsp3) is 0.900. The molecule has 78 valence electrons. The second-order valence-electron chi connectivity index (χ2n) is 3.51. The predicted octanol–water partition coefficient (Wildman–Crippen LogP) is 2.04. The minimum absolute atomic E-state index is 0.0642. The van der Waals surface area contributed by atoms with E-state index in [0.29, 0.717) is 19.3 Å². The summed E-state index contributed by atoms with van der Waals surface area (Å²) in [5.74, 6) is -0.952. The molecule has 0 spiro atoms. The molecule has 0 aromatic carbocycles. The van der Waals surface area contributed by atoms with E-state index >= 15 is 0 Å². The van der Waals surface area contributed by atoms with Gasteiger partial charge in [0.05, 0.1) is 12.0 Å². The van der Waals surface area contributed by atoms with Gasteiger partial charge in [-0.1, -0.05) is 27.2 Å². The molecule has 0 aromatic heterocycles. The molecule has 0 aliphatic carbocycles. The van der Waals surface area contributed by atoms with Crippen LogP contribution in [0.25, 0.3) is 0 Å². The zero-order valence-electron chi connectivity index (χ0n) is 8.71. The van der Waals surface area contributed by atoms with Crippen molar-refractivity contribution in [2.45, 2.75) is 52.1 Å². The fourth-order valence-electron chi connectivity index (χ4n) is 1.75. The van der Waals surface area contributed by atoms with Gasteiger partial charge in [0, 0.05) is 0 Å². The first-order chi connectivity index (χ1) is 6.00. The lowest BCUT2D eigenvalue weighted by Crippen LogP contribution is -2.37. The molecule has 3 heteroatoms. The van der Waals surface area contributed by atoms with E-state index in [1.165, 1.54) is 0 Å². The van der Waals surface area contributed by atoms with E-state index in [1.54, 1.807) is 0 Å². The standard InChI is InChI=1S/C10H20O3/c1-4-8(7-9(11)12)10(13,5-2)6-3/h8,13H,4-7H2,1-3H3,(H,11,12). The summed E-state index contributed by atoms with van der Waals surface area (Å²) in [6, 6.07) is 0. The number of carboxylic acids is 1. The fourth-order valence-corrected chi connectivity index (χ4v) is 1.75. The van der Waals surface area contributed by atoms with Crippen LogP contribution in [0.2, 0.25) is 0 Å². The Hall–Kier alpha value is -0.570. The average molecular weight is 188 g/mol. The SMILES string of the molecule is CCC(CC(=O)O)C(O)(CC)CC. The maximum absolute atomic E-state index is 10.5. The molecular weight excluding hydrogens is 168 g/mol. The Kier molecular flexibility index (Phi) is 4.99. The summed E-state index contributed by atoms with van der Waals surface area (Å²) < 4.78 is 0. The Labute approximate surface area is 79.8 Å². The van der Waals surface area contributed by atoms with Crippen LogP contribution in [0, 0.1) is 5.92 Å². The van der Waals surface area contributed by atoms with Crippen LogP contribution < -0.4 is 0 Å². The minimum atomic E-state index is -0.827. The van der Waals surface area contributed by atoms with Crippen molar-refractivity contribution >= 4 is 5.97 Å². The van der Waals surface area contributed by atoms with Crippen LogP contribution in [0.1, 0.15) is 46.5 Å². The monoisotopic (exact) mass is 188 g/mol. The molecule has 3 nitrogen and oxygen atoms in total. The number of hydrogen-bond donors (Lipinski definition) is 2. The lowest BCUT2D eigenvalue weighted by molar-refractivity contribution is -0.141. The molecule has 0 aliphatic heterocycles. The van der Waals surface area contributed by atoms with E-state index in [0.717, 1.165) is 0 Å². The summed E-state index contributed by atoms with van der Waals surface area (Å²) in [6.07, 6.45) is 2.02. The minimum Gasteiger partial charge on any atom is -0.481 e. The van der Waals surface area contributed by atoms with E-state index in [1.807, 2.05) is 20.8 Å². The Morgan fingerprint density at radius 2 is 1.77 bits per heavy atom. The molecule has 0 radical (unpaired) electrons. The molecule has 2 N–H and O–H groups in total. The average Bonchev–Trinajstić information content (AvgIpc) is 2.12. The van der Waals surface area contributed by atoms with Crippen molar-refractivity contribution in [3.8, 4) is 0 Å². The smallest absolute Gasteiger partial charge is 0.303 e. The molecule has 1 unspecified atom stereocenters. The van der Waals surface area contributed by atoms with Crippen LogP contribution >= 0.6 is 0 Å². The number of rotatable bonds is 6. The number of carbonyl (C=O) groups is 1. The van der Waals surface area contributed by atoms with Gasteiger partial charge < -0.3 is 10.2 Å². The van der Waals surface area contributed by atoms with Crippen LogP contribution in [0.15, 0.2) is 0 Å². The van der Waals surface area contributed by atoms with Gasteiger partial charge in [-0.3, -0.25) is 4.79 Å². The number of hydrogen-bond acceptors (Lipinski definition) is 2. The van der Waals surface area contributed by atoms with Gasteiger partial charge in [-0.2, -0.15) is 0 Å². The van der Waals surface area contributed by atoms with Crippen molar-refractivity contribution in [2.75, 3.05) is 0 Å². The van der Waals surface area contributed by atoms with E-state index in [9.17, 15) is 9.90 Å². The summed E-state index contributed by atoms with van der Waals surface area (Å²) in [5.41, 5.74) is -0.798. The van der Waals surface area contributed by atoms with Crippen LogP contribution in [0.5, 0.6) is 0 Å². The molecule has 13 heavy (non-hydrogen) atoms. The van der Waals surface area contributed by atoms with Crippen LogP contribution in [0.4, 0.5) is 0 Å². The Morgan fingerprint density at radius 1 is 1.31 bits per heavy atom. The zero-order chi connectivity index (χ0) is 10.5.